The van der Waals surface area contributed by atoms with Crippen LogP contribution in [0.15, 0.2) is 23.6 Å². The fraction of sp³-hybridized carbons (Fsp3) is 0.300. The Morgan fingerprint density at radius 3 is 2.93 bits per heavy atom. The van der Waals surface area contributed by atoms with Crippen molar-refractivity contribution in [3.05, 3.63) is 32.0 Å². The lowest BCUT2D eigenvalue weighted by Crippen LogP contribution is -2.33. The molecule has 4 heteroatoms. The molecule has 2 rings (SSSR count). The maximum Gasteiger partial charge on any atom is 0.255 e. The first-order valence-corrected chi connectivity index (χ1v) is 6.41. The van der Waals surface area contributed by atoms with Crippen LogP contribution in [0.5, 0.6) is 0 Å². The molecule has 1 amide bonds. The molecule has 0 N–H and O–H groups in total. The molecule has 0 bridgehead atoms. The number of hydrogen-bond acceptors (Lipinski definition) is 2. The quantitative estimate of drug-likeness (QED) is 0.576. The van der Waals surface area contributed by atoms with Crippen LogP contribution in [0.2, 0.25) is 0 Å². The standard InChI is InChI=1S/C10H10INOS/c11-9-6-8(7-14-9)10(13)12-4-2-1-3-5-12/h1-2,6-7H,3-5H2. The number of carbonyl (C=O) groups excluding carboxylic acids is 1. The van der Waals surface area contributed by atoms with Crippen LogP contribution in [0.25, 0.3) is 0 Å². The predicted molar refractivity (Wildman–Crippen MR) is 66.7 cm³/mol. The second kappa shape index (κ2) is 4.44. The van der Waals surface area contributed by atoms with Crippen molar-refractivity contribution in [3.63, 3.8) is 0 Å². The normalized spacial score (nSPS) is 15.9. The summed E-state index contributed by atoms with van der Waals surface area (Å²) < 4.78 is 1.17. The minimum absolute atomic E-state index is 0.161. The summed E-state index contributed by atoms with van der Waals surface area (Å²) in [5, 5.41) is 1.93. The van der Waals surface area contributed by atoms with E-state index in [0.29, 0.717) is 0 Å². The molecule has 0 unspecified atom stereocenters. The van der Waals surface area contributed by atoms with Gasteiger partial charge in [-0.25, -0.2) is 0 Å². The van der Waals surface area contributed by atoms with Gasteiger partial charge >= 0.3 is 0 Å². The third-order valence-electron chi connectivity index (χ3n) is 2.16. The molecule has 0 fully saturated rings. The van der Waals surface area contributed by atoms with Gasteiger partial charge in [0.2, 0.25) is 0 Å². The van der Waals surface area contributed by atoms with Crippen LogP contribution in [0.4, 0.5) is 0 Å². The number of amides is 1. The fourth-order valence-electron chi connectivity index (χ4n) is 1.43. The monoisotopic (exact) mass is 319 g/mol. The summed E-state index contributed by atoms with van der Waals surface area (Å²) in [4.78, 5) is 13.8. The van der Waals surface area contributed by atoms with Crippen LogP contribution in [0.1, 0.15) is 16.8 Å². The number of rotatable bonds is 1. The van der Waals surface area contributed by atoms with Gasteiger partial charge < -0.3 is 4.90 Å². The van der Waals surface area contributed by atoms with Gasteiger partial charge in [-0.05, 0) is 35.1 Å². The van der Waals surface area contributed by atoms with Gasteiger partial charge in [0, 0.05) is 18.5 Å². The highest BCUT2D eigenvalue weighted by molar-refractivity contribution is 14.1. The van der Waals surface area contributed by atoms with Crippen LogP contribution in [-0.4, -0.2) is 23.9 Å². The van der Waals surface area contributed by atoms with E-state index in [2.05, 4.69) is 34.7 Å². The molecule has 14 heavy (non-hydrogen) atoms. The predicted octanol–water partition coefficient (Wildman–Crippen LogP) is 2.75. The van der Waals surface area contributed by atoms with Crippen molar-refractivity contribution in [2.75, 3.05) is 13.1 Å². The van der Waals surface area contributed by atoms with Crippen molar-refractivity contribution in [2.45, 2.75) is 6.42 Å². The molecule has 1 aromatic rings. The van der Waals surface area contributed by atoms with Crippen molar-refractivity contribution in [1.29, 1.82) is 0 Å². The summed E-state index contributed by atoms with van der Waals surface area (Å²) in [7, 11) is 0. The van der Waals surface area contributed by atoms with Gasteiger partial charge in [-0.15, -0.1) is 11.3 Å². The average Bonchev–Trinajstić information content (AvgIpc) is 2.65. The SMILES string of the molecule is O=C(c1csc(I)c1)N1CC=CCC1. The van der Waals surface area contributed by atoms with Gasteiger partial charge in [-0.1, -0.05) is 12.2 Å². The van der Waals surface area contributed by atoms with Crippen LogP contribution in [-0.2, 0) is 0 Å². The van der Waals surface area contributed by atoms with Crippen LogP contribution in [0.3, 0.4) is 0 Å². The summed E-state index contributed by atoms with van der Waals surface area (Å²) in [6, 6.07) is 1.95. The Labute approximate surface area is 101 Å². The van der Waals surface area contributed by atoms with Crippen molar-refractivity contribution >= 4 is 39.8 Å². The van der Waals surface area contributed by atoms with Crippen molar-refractivity contribution in [2.24, 2.45) is 0 Å². The van der Waals surface area contributed by atoms with Crippen LogP contribution in [0, 0.1) is 2.88 Å². The highest BCUT2D eigenvalue weighted by Gasteiger charge is 2.16. The maximum atomic E-state index is 11.9. The Morgan fingerprint density at radius 2 is 2.36 bits per heavy atom. The zero-order valence-electron chi connectivity index (χ0n) is 7.57. The number of carbonyl (C=O) groups is 1. The van der Waals surface area contributed by atoms with Crippen molar-refractivity contribution in [1.82, 2.24) is 4.90 Å². The molecule has 1 aromatic heterocycles. The summed E-state index contributed by atoms with van der Waals surface area (Å²) in [6.45, 7) is 1.60. The molecule has 0 spiro atoms. The smallest absolute Gasteiger partial charge is 0.255 e. The Kier molecular flexibility index (Phi) is 3.22. The van der Waals surface area contributed by atoms with E-state index in [1.54, 1.807) is 11.3 Å². The lowest BCUT2D eigenvalue weighted by Gasteiger charge is -2.22. The molecule has 2 nitrogen and oxygen atoms in total. The number of nitrogens with zero attached hydrogens (tertiary/aromatic N) is 1. The van der Waals surface area contributed by atoms with E-state index in [1.807, 2.05) is 16.3 Å². The van der Waals surface area contributed by atoms with E-state index in [9.17, 15) is 4.79 Å². The second-order valence-electron chi connectivity index (χ2n) is 3.15. The Bertz CT molecular complexity index is 372. The molecule has 0 radical (unpaired) electrons. The molecule has 1 aliphatic rings. The van der Waals surface area contributed by atoms with Gasteiger partial charge in [-0.3, -0.25) is 4.79 Å². The van der Waals surface area contributed by atoms with E-state index >= 15 is 0 Å². The first kappa shape index (κ1) is 10.2. The second-order valence-corrected chi connectivity index (χ2v) is 5.96. The molecule has 0 saturated carbocycles. The molecular weight excluding hydrogens is 309 g/mol. The summed E-state index contributed by atoms with van der Waals surface area (Å²) in [6.07, 6.45) is 5.16. The maximum absolute atomic E-state index is 11.9. The molecule has 2 heterocycles. The van der Waals surface area contributed by atoms with Gasteiger partial charge in [0.25, 0.3) is 5.91 Å². The van der Waals surface area contributed by atoms with Gasteiger partial charge in [0.15, 0.2) is 0 Å². The largest absolute Gasteiger partial charge is 0.335 e. The summed E-state index contributed by atoms with van der Waals surface area (Å²) in [5.74, 6) is 0.161. The number of hydrogen-bond donors (Lipinski definition) is 0. The van der Waals surface area contributed by atoms with E-state index in [4.69, 9.17) is 0 Å². The molecule has 74 valence electrons. The van der Waals surface area contributed by atoms with Crippen LogP contribution >= 0.6 is 33.9 Å². The van der Waals surface area contributed by atoms with Crippen molar-refractivity contribution in [3.8, 4) is 0 Å². The Morgan fingerprint density at radius 1 is 1.50 bits per heavy atom. The summed E-state index contributed by atoms with van der Waals surface area (Å²) >= 11 is 3.86. The Balaban J connectivity index is 2.11. The topological polar surface area (TPSA) is 20.3 Å². The number of thiophene rings is 1. The van der Waals surface area contributed by atoms with Crippen LogP contribution < -0.4 is 0 Å². The fourth-order valence-corrected chi connectivity index (χ4v) is 2.75. The molecule has 0 atom stereocenters. The van der Waals surface area contributed by atoms with Gasteiger partial charge in [0.05, 0.1) is 8.45 Å². The first-order valence-electron chi connectivity index (χ1n) is 4.45. The van der Waals surface area contributed by atoms with E-state index in [-0.39, 0.29) is 5.91 Å². The lowest BCUT2D eigenvalue weighted by atomic mass is 10.2. The zero-order chi connectivity index (χ0) is 9.97. The molecule has 1 aliphatic heterocycles. The zero-order valence-corrected chi connectivity index (χ0v) is 10.5. The third-order valence-corrected chi connectivity index (χ3v) is 3.95. The first-order chi connectivity index (χ1) is 6.77. The van der Waals surface area contributed by atoms with Gasteiger partial charge in [-0.2, -0.15) is 0 Å². The number of halogens is 1. The molecular formula is C10H10INOS. The van der Waals surface area contributed by atoms with Gasteiger partial charge in [0.1, 0.15) is 0 Å². The summed E-state index contributed by atoms with van der Waals surface area (Å²) in [5.41, 5.74) is 0.828. The minimum Gasteiger partial charge on any atom is -0.335 e. The highest BCUT2D eigenvalue weighted by Crippen LogP contribution is 2.18. The minimum atomic E-state index is 0.161. The van der Waals surface area contributed by atoms with Crippen molar-refractivity contribution < 1.29 is 4.79 Å². The molecule has 0 aromatic carbocycles. The average molecular weight is 319 g/mol. The highest BCUT2D eigenvalue weighted by atomic mass is 127. The molecule has 0 saturated heterocycles. The van der Waals surface area contributed by atoms with E-state index in [0.717, 1.165) is 25.1 Å². The molecule has 0 aliphatic carbocycles. The van der Waals surface area contributed by atoms with E-state index in [1.165, 1.54) is 2.88 Å². The van der Waals surface area contributed by atoms with E-state index < -0.39 is 0 Å². The lowest BCUT2D eigenvalue weighted by molar-refractivity contribution is 0.0771. The Hall–Kier alpha value is -0.360. The third kappa shape index (κ3) is 2.17.